The number of hydrogen-bond acceptors (Lipinski definition) is 7. The Balaban J connectivity index is 1.28. The largest absolute Gasteiger partial charge is 0.422 e. The molecule has 0 aromatic carbocycles. The summed E-state index contributed by atoms with van der Waals surface area (Å²) in [6.07, 6.45) is 1.98. The number of fused-ring (bicyclic) bond motifs is 1. The molecule has 1 aliphatic rings. The molecule has 1 saturated heterocycles. The number of aromatic nitrogens is 5. The number of aryl methyl sites for hydroxylation is 1. The van der Waals surface area contributed by atoms with Crippen LogP contribution in [0.15, 0.2) is 21.3 Å². The lowest BCUT2D eigenvalue weighted by atomic mass is 9.96. The van der Waals surface area contributed by atoms with Crippen molar-refractivity contribution < 1.29 is 9.21 Å². The second kappa shape index (κ2) is 7.45. The van der Waals surface area contributed by atoms with E-state index in [4.69, 9.17) is 4.42 Å². The molecule has 1 fully saturated rings. The lowest BCUT2D eigenvalue weighted by molar-refractivity contribution is -0.125. The number of anilines is 1. The first kappa shape index (κ1) is 18.2. The van der Waals surface area contributed by atoms with Gasteiger partial charge < -0.3 is 14.6 Å². The molecule has 4 rings (SSSR count). The maximum Gasteiger partial charge on any atom is 0.343 e. The number of piperidine rings is 1. The van der Waals surface area contributed by atoms with E-state index in [1.807, 2.05) is 19.1 Å². The van der Waals surface area contributed by atoms with Gasteiger partial charge in [-0.3, -0.25) is 9.36 Å². The van der Waals surface area contributed by atoms with Crippen molar-refractivity contribution in [2.75, 3.05) is 24.5 Å². The van der Waals surface area contributed by atoms with Crippen LogP contribution in [0.5, 0.6) is 0 Å². The van der Waals surface area contributed by atoms with Crippen molar-refractivity contribution in [2.24, 2.45) is 13.0 Å². The Labute approximate surface area is 161 Å². The topological polar surface area (TPSA) is 122 Å². The summed E-state index contributed by atoms with van der Waals surface area (Å²) in [6.45, 7) is 3.78. The zero-order chi connectivity index (χ0) is 19.7. The average Bonchev–Trinajstić information content (AvgIpc) is 3.26. The van der Waals surface area contributed by atoms with Crippen LogP contribution in [0.25, 0.3) is 11.2 Å². The zero-order valence-corrected chi connectivity index (χ0v) is 15.9. The van der Waals surface area contributed by atoms with Gasteiger partial charge in [0.2, 0.25) is 11.6 Å². The smallest absolute Gasteiger partial charge is 0.343 e. The Morgan fingerprint density at radius 1 is 1.32 bits per heavy atom. The third-order valence-corrected chi connectivity index (χ3v) is 5.14. The summed E-state index contributed by atoms with van der Waals surface area (Å²) in [5.41, 5.74) is 1.94. The summed E-state index contributed by atoms with van der Waals surface area (Å²) >= 11 is 0. The third-order valence-electron chi connectivity index (χ3n) is 5.14. The summed E-state index contributed by atoms with van der Waals surface area (Å²) in [5.74, 6) is 0.624. The minimum absolute atomic E-state index is 0.0371. The van der Waals surface area contributed by atoms with Crippen LogP contribution in [0.3, 0.4) is 0 Å². The molecule has 10 nitrogen and oxygen atoms in total. The van der Waals surface area contributed by atoms with Gasteiger partial charge in [0.1, 0.15) is 5.82 Å². The molecule has 0 atom stereocenters. The fourth-order valence-electron chi connectivity index (χ4n) is 3.41. The first-order valence-electron chi connectivity index (χ1n) is 9.38. The van der Waals surface area contributed by atoms with Gasteiger partial charge in [0.05, 0.1) is 0 Å². The minimum Gasteiger partial charge on any atom is -0.422 e. The average molecular weight is 385 g/mol. The second-order valence-electron chi connectivity index (χ2n) is 7.08. The van der Waals surface area contributed by atoms with Crippen molar-refractivity contribution >= 4 is 23.2 Å². The number of H-pyrrole nitrogens is 1. The number of nitrogens with one attached hydrogen (secondary N) is 2. The minimum atomic E-state index is -0.252. The number of pyridine rings is 1. The number of carbonyl (C=O) groups excluding carboxylic acids is 1. The van der Waals surface area contributed by atoms with Crippen molar-refractivity contribution in [3.05, 3.63) is 34.1 Å². The van der Waals surface area contributed by atoms with Crippen LogP contribution in [0, 0.1) is 12.8 Å². The fraction of sp³-hybridized carbons (Fsp3) is 0.500. The van der Waals surface area contributed by atoms with Crippen molar-refractivity contribution in [1.82, 2.24) is 30.0 Å². The van der Waals surface area contributed by atoms with Gasteiger partial charge in [-0.1, -0.05) is 0 Å². The van der Waals surface area contributed by atoms with Crippen LogP contribution >= 0.6 is 0 Å². The molecule has 0 aliphatic carbocycles. The molecule has 0 radical (unpaired) electrons. The van der Waals surface area contributed by atoms with Crippen LogP contribution in [-0.4, -0.2) is 50.3 Å². The van der Waals surface area contributed by atoms with Gasteiger partial charge in [-0.2, -0.15) is 10.1 Å². The molecule has 1 amide bonds. The Bertz CT molecular complexity index is 1040. The van der Waals surface area contributed by atoms with Gasteiger partial charge in [-0.15, -0.1) is 0 Å². The summed E-state index contributed by atoms with van der Waals surface area (Å²) in [5, 5.41) is 9.27. The highest BCUT2D eigenvalue weighted by atomic mass is 16.4. The molecule has 28 heavy (non-hydrogen) atoms. The first-order chi connectivity index (χ1) is 13.5. The number of nitrogens with zero attached hydrogens (tertiary/aromatic N) is 5. The molecule has 3 aromatic rings. The maximum atomic E-state index is 12.4. The molecule has 1 aliphatic heterocycles. The number of rotatable bonds is 5. The molecule has 148 valence electrons. The van der Waals surface area contributed by atoms with E-state index >= 15 is 0 Å². The monoisotopic (exact) mass is 385 g/mol. The Morgan fingerprint density at radius 2 is 2.11 bits per heavy atom. The quantitative estimate of drug-likeness (QED) is 0.657. The van der Waals surface area contributed by atoms with Crippen LogP contribution in [0.1, 0.15) is 24.4 Å². The van der Waals surface area contributed by atoms with E-state index in [0.29, 0.717) is 49.1 Å². The maximum absolute atomic E-state index is 12.4. The lowest BCUT2D eigenvalue weighted by Gasteiger charge is -2.30. The third kappa shape index (κ3) is 3.62. The molecular formula is C18H23N7O3. The number of carbonyl (C=O) groups is 1. The molecule has 0 bridgehead atoms. The molecule has 0 spiro atoms. The second-order valence-corrected chi connectivity index (χ2v) is 7.08. The van der Waals surface area contributed by atoms with E-state index in [1.165, 1.54) is 4.57 Å². The van der Waals surface area contributed by atoms with Crippen LogP contribution in [-0.2, 0) is 18.3 Å². The summed E-state index contributed by atoms with van der Waals surface area (Å²) in [4.78, 5) is 34.7. The Kier molecular flexibility index (Phi) is 4.84. The van der Waals surface area contributed by atoms with E-state index in [-0.39, 0.29) is 17.5 Å². The number of amides is 1. The van der Waals surface area contributed by atoms with Gasteiger partial charge >= 0.3 is 5.69 Å². The van der Waals surface area contributed by atoms with Crippen molar-refractivity contribution in [1.29, 1.82) is 0 Å². The fourth-order valence-corrected chi connectivity index (χ4v) is 3.41. The van der Waals surface area contributed by atoms with Crippen molar-refractivity contribution in [3.63, 3.8) is 0 Å². The molecule has 2 N–H and O–H groups in total. The van der Waals surface area contributed by atoms with Gasteiger partial charge in [-0.05, 0) is 31.9 Å². The standard InChI is InChI=1S/C18H23N7O3/c1-11-3-4-13-15(20-11)21-18(28-13)25-9-6-12(7-10-25)16(26)19-8-5-14-22-23-17(27)24(14)2/h3-4,12H,5-10H2,1-2H3,(H,19,26)(H,23,27). The predicted molar refractivity (Wildman–Crippen MR) is 102 cm³/mol. The molecule has 10 heteroatoms. The number of hydrogen-bond donors (Lipinski definition) is 2. The van der Waals surface area contributed by atoms with Crippen LogP contribution in [0.4, 0.5) is 6.01 Å². The summed E-state index contributed by atoms with van der Waals surface area (Å²) in [6, 6.07) is 4.34. The SMILES string of the molecule is Cc1ccc2oc(N3CCC(C(=O)NCCc4n[nH]c(=O)n4C)CC3)nc2n1. The highest BCUT2D eigenvalue weighted by Crippen LogP contribution is 2.26. The van der Waals surface area contributed by atoms with E-state index in [9.17, 15) is 9.59 Å². The van der Waals surface area contributed by atoms with Crippen molar-refractivity contribution in [2.45, 2.75) is 26.2 Å². The predicted octanol–water partition coefficient (Wildman–Crippen LogP) is 0.528. The summed E-state index contributed by atoms with van der Waals surface area (Å²) in [7, 11) is 1.65. The zero-order valence-electron chi connectivity index (χ0n) is 15.9. The Hall–Kier alpha value is -3.17. The van der Waals surface area contributed by atoms with E-state index in [2.05, 4.69) is 30.4 Å². The van der Waals surface area contributed by atoms with E-state index in [0.717, 1.165) is 18.5 Å². The number of oxazole rings is 1. The molecule has 0 saturated carbocycles. The summed E-state index contributed by atoms with van der Waals surface area (Å²) < 4.78 is 7.25. The van der Waals surface area contributed by atoms with Crippen LogP contribution in [0.2, 0.25) is 0 Å². The molecular weight excluding hydrogens is 362 g/mol. The van der Waals surface area contributed by atoms with Crippen molar-refractivity contribution in [3.8, 4) is 0 Å². The van der Waals surface area contributed by atoms with Gasteiger partial charge in [0.25, 0.3) is 6.01 Å². The highest BCUT2D eigenvalue weighted by Gasteiger charge is 2.27. The normalized spacial score (nSPS) is 15.3. The van der Waals surface area contributed by atoms with Crippen LogP contribution < -0.4 is 15.9 Å². The molecule has 4 heterocycles. The Morgan fingerprint density at radius 3 is 2.82 bits per heavy atom. The highest BCUT2D eigenvalue weighted by molar-refractivity contribution is 5.79. The lowest BCUT2D eigenvalue weighted by Crippen LogP contribution is -2.41. The van der Waals surface area contributed by atoms with Gasteiger partial charge in [0.15, 0.2) is 5.58 Å². The molecule has 0 unspecified atom stereocenters. The first-order valence-corrected chi connectivity index (χ1v) is 9.38. The van der Waals surface area contributed by atoms with E-state index < -0.39 is 0 Å². The van der Waals surface area contributed by atoms with Gasteiger partial charge in [0, 0.05) is 44.7 Å². The molecule has 3 aromatic heterocycles. The van der Waals surface area contributed by atoms with E-state index in [1.54, 1.807) is 7.05 Å². The number of aromatic amines is 1. The van der Waals surface area contributed by atoms with Gasteiger partial charge in [-0.25, -0.2) is 14.9 Å².